The lowest BCUT2D eigenvalue weighted by atomic mass is 9.82. The van der Waals surface area contributed by atoms with E-state index >= 15 is 0 Å². The molecule has 0 heterocycles. The molecule has 1 fully saturated rings. The van der Waals surface area contributed by atoms with Gasteiger partial charge in [0.2, 0.25) is 0 Å². The van der Waals surface area contributed by atoms with Crippen molar-refractivity contribution in [1.82, 2.24) is 0 Å². The minimum Gasteiger partial charge on any atom is -0.490 e. The highest BCUT2D eigenvalue weighted by atomic mass is 16.5. The van der Waals surface area contributed by atoms with Crippen molar-refractivity contribution in [2.24, 2.45) is 5.92 Å². The van der Waals surface area contributed by atoms with Gasteiger partial charge in [0, 0.05) is 0 Å². The molecule has 0 spiro atoms. The number of para-hydroxylation sites is 1. The van der Waals surface area contributed by atoms with Crippen LogP contribution in [0, 0.1) is 5.92 Å². The molecule has 0 amide bonds. The Balaban J connectivity index is 1.45. The van der Waals surface area contributed by atoms with E-state index in [1.807, 2.05) is 49.4 Å². The summed E-state index contributed by atoms with van der Waals surface area (Å²) in [5.41, 5.74) is 1.27. The van der Waals surface area contributed by atoms with Gasteiger partial charge < -0.3 is 14.6 Å². The minimum atomic E-state index is -0.138. The number of rotatable bonds is 7. The van der Waals surface area contributed by atoms with E-state index in [4.69, 9.17) is 9.47 Å². The van der Waals surface area contributed by atoms with Crippen molar-refractivity contribution < 1.29 is 14.6 Å². The summed E-state index contributed by atoms with van der Waals surface area (Å²) < 4.78 is 11.7. The van der Waals surface area contributed by atoms with Gasteiger partial charge in [-0.15, -0.1) is 0 Å². The normalized spacial score (nSPS) is 21.5. The molecule has 1 aliphatic carbocycles. The van der Waals surface area contributed by atoms with E-state index < -0.39 is 0 Å². The summed E-state index contributed by atoms with van der Waals surface area (Å²) in [6.45, 7) is 2.52. The Morgan fingerprint density at radius 1 is 0.960 bits per heavy atom. The molecule has 2 aromatic carbocycles. The Kier molecular flexibility index (Phi) is 6.35. The van der Waals surface area contributed by atoms with Gasteiger partial charge in [-0.25, -0.2) is 0 Å². The van der Waals surface area contributed by atoms with Crippen LogP contribution in [-0.4, -0.2) is 23.9 Å². The first-order chi connectivity index (χ1) is 12.2. The van der Waals surface area contributed by atoms with Crippen molar-refractivity contribution in [3.8, 4) is 11.5 Å². The molecule has 3 rings (SSSR count). The second-order valence-corrected chi connectivity index (χ2v) is 7.01. The average molecular weight is 340 g/mol. The first-order valence-electron chi connectivity index (χ1n) is 9.32. The summed E-state index contributed by atoms with van der Waals surface area (Å²) >= 11 is 0. The van der Waals surface area contributed by atoms with E-state index in [0.717, 1.165) is 37.2 Å². The van der Waals surface area contributed by atoms with Crippen molar-refractivity contribution in [1.29, 1.82) is 0 Å². The molecule has 0 unspecified atom stereocenters. The van der Waals surface area contributed by atoms with Crippen LogP contribution in [0.15, 0.2) is 54.6 Å². The maximum absolute atomic E-state index is 10.1. The third-order valence-corrected chi connectivity index (χ3v) is 4.86. The molecular formula is C22H28O3. The molecule has 0 aliphatic heterocycles. The van der Waals surface area contributed by atoms with Crippen LogP contribution in [0.1, 0.15) is 38.2 Å². The van der Waals surface area contributed by atoms with Crippen molar-refractivity contribution in [3.05, 3.63) is 60.2 Å². The molecule has 2 aromatic rings. The van der Waals surface area contributed by atoms with Crippen LogP contribution in [0.25, 0.3) is 0 Å². The number of hydrogen-bond donors (Lipinski definition) is 1. The third-order valence-electron chi connectivity index (χ3n) is 4.86. The van der Waals surface area contributed by atoms with Gasteiger partial charge in [-0.1, -0.05) is 43.2 Å². The van der Waals surface area contributed by atoms with Crippen molar-refractivity contribution in [2.45, 2.75) is 51.2 Å². The predicted octanol–water partition coefficient (Wildman–Crippen LogP) is 4.63. The molecule has 0 radical (unpaired) electrons. The predicted molar refractivity (Wildman–Crippen MR) is 100 cm³/mol. The zero-order valence-electron chi connectivity index (χ0n) is 14.9. The maximum atomic E-state index is 10.1. The van der Waals surface area contributed by atoms with Crippen LogP contribution in [0.5, 0.6) is 11.5 Å². The Morgan fingerprint density at radius 3 is 2.40 bits per heavy atom. The van der Waals surface area contributed by atoms with E-state index in [1.165, 1.54) is 12.0 Å². The maximum Gasteiger partial charge on any atom is 0.130 e. The lowest BCUT2D eigenvalue weighted by molar-refractivity contribution is 0.0700. The van der Waals surface area contributed by atoms with E-state index in [1.54, 1.807) is 0 Å². The highest BCUT2D eigenvalue weighted by Gasteiger charge is 2.22. The van der Waals surface area contributed by atoms with Crippen LogP contribution in [0.4, 0.5) is 0 Å². The molecule has 25 heavy (non-hydrogen) atoms. The summed E-state index contributed by atoms with van der Waals surface area (Å²) in [5, 5.41) is 10.1. The number of aliphatic hydroxyl groups excluding tert-OH is 1. The zero-order valence-corrected chi connectivity index (χ0v) is 14.9. The quantitative estimate of drug-likeness (QED) is 0.799. The molecule has 0 saturated heterocycles. The summed E-state index contributed by atoms with van der Waals surface area (Å²) in [4.78, 5) is 0. The van der Waals surface area contributed by atoms with Crippen LogP contribution < -0.4 is 9.47 Å². The summed E-state index contributed by atoms with van der Waals surface area (Å²) in [5.74, 6) is 2.12. The number of ether oxygens (including phenoxy) is 2. The number of hydrogen-bond acceptors (Lipinski definition) is 3. The second kappa shape index (κ2) is 8.91. The van der Waals surface area contributed by atoms with Crippen molar-refractivity contribution >= 4 is 0 Å². The van der Waals surface area contributed by atoms with Gasteiger partial charge in [0.15, 0.2) is 0 Å². The summed E-state index contributed by atoms with van der Waals surface area (Å²) in [7, 11) is 0. The Labute approximate surface area is 150 Å². The molecule has 0 aromatic heterocycles. The van der Waals surface area contributed by atoms with Crippen molar-refractivity contribution in [3.63, 3.8) is 0 Å². The van der Waals surface area contributed by atoms with Gasteiger partial charge >= 0.3 is 0 Å². The van der Waals surface area contributed by atoms with E-state index in [2.05, 4.69) is 12.1 Å². The molecule has 1 saturated carbocycles. The van der Waals surface area contributed by atoms with Gasteiger partial charge in [-0.05, 0) is 61.9 Å². The van der Waals surface area contributed by atoms with E-state index in [0.29, 0.717) is 12.5 Å². The van der Waals surface area contributed by atoms with Gasteiger partial charge in [0.05, 0.1) is 6.10 Å². The van der Waals surface area contributed by atoms with E-state index in [9.17, 15) is 5.11 Å². The number of benzene rings is 2. The Bertz CT molecular complexity index is 623. The lowest BCUT2D eigenvalue weighted by Gasteiger charge is -2.27. The standard InChI is InChI=1S/C22H28O3/c1-17(25-21-8-3-2-4-9-21)16-24-20-13-11-18(12-14-20)15-19-7-5-6-10-22(19)23/h2-4,8-9,11-14,17,19,22-23H,5-7,10,15-16H2,1H3/t17-,19-,22-/m1/s1. The Morgan fingerprint density at radius 2 is 1.68 bits per heavy atom. The highest BCUT2D eigenvalue weighted by molar-refractivity contribution is 5.28. The first-order valence-corrected chi connectivity index (χ1v) is 9.32. The third kappa shape index (κ3) is 5.50. The van der Waals surface area contributed by atoms with Crippen LogP contribution in [0.3, 0.4) is 0 Å². The summed E-state index contributed by atoms with van der Waals surface area (Å²) in [6, 6.07) is 18.0. The van der Waals surface area contributed by atoms with Crippen LogP contribution in [-0.2, 0) is 6.42 Å². The molecule has 0 bridgehead atoms. The van der Waals surface area contributed by atoms with Gasteiger partial charge in [-0.3, -0.25) is 0 Å². The second-order valence-electron chi connectivity index (χ2n) is 7.01. The molecule has 3 nitrogen and oxygen atoms in total. The highest BCUT2D eigenvalue weighted by Crippen LogP contribution is 2.28. The van der Waals surface area contributed by atoms with Gasteiger partial charge in [-0.2, -0.15) is 0 Å². The van der Waals surface area contributed by atoms with Gasteiger partial charge in [0.25, 0.3) is 0 Å². The monoisotopic (exact) mass is 340 g/mol. The topological polar surface area (TPSA) is 38.7 Å². The molecular weight excluding hydrogens is 312 g/mol. The fourth-order valence-corrected chi connectivity index (χ4v) is 3.43. The number of aliphatic hydroxyl groups is 1. The molecule has 3 heteroatoms. The fourth-order valence-electron chi connectivity index (χ4n) is 3.43. The molecule has 3 atom stereocenters. The Hall–Kier alpha value is -2.00. The van der Waals surface area contributed by atoms with Crippen molar-refractivity contribution in [2.75, 3.05) is 6.61 Å². The average Bonchev–Trinajstić information content (AvgIpc) is 2.64. The molecule has 134 valence electrons. The first kappa shape index (κ1) is 17.8. The van der Waals surface area contributed by atoms with Crippen LogP contribution in [0.2, 0.25) is 0 Å². The van der Waals surface area contributed by atoms with Gasteiger partial charge in [0.1, 0.15) is 24.2 Å². The summed E-state index contributed by atoms with van der Waals surface area (Å²) in [6.07, 6.45) is 5.28. The SMILES string of the molecule is C[C@H](COc1ccc(C[C@H]2CCCC[C@H]2O)cc1)Oc1ccccc1. The molecule has 1 N–H and O–H groups in total. The van der Waals surface area contributed by atoms with Crippen LogP contribution >= 0.6 is 0 Å². The largest absolute Gasteiger partial charge is 0.490 e. The van der Waals surface area contributed by atoms with E-state index in [-0.39, 0.29) is 12.2 Å². The molecule has 1 aliphatic rings. The fraction of sp³-hybridized carbons (Fsp3) is 0.455. The lowest BCUT2D eigenvalue weighted by Crippen LogP contribution is -2.26. The smallest absolute Gasteiger partial charge is 0.130 e. The minimum absolute atomic E-state index is 0.0144. The zero-order chi connectivity index (χ0) is 17.5.